The Morgan fingerprint density at radius 1 is 1.40 bits per heavy atom. The van der Waals surface area contributed by atoms with E-state index in [1.807, 2.05) is 13.8 Å². The molecule has 0 amide bonds. The van der Waals surface area contributed by atoms with E-state index < -0.39 is 0 Å². The van der Waals surface area contributed by atoms with Crippen LogP contribution < -0.4 is 5.43 Å². The van der Waals surface area contributed by atoms with Crippen LogP contribution in [0.25, 0.3) is 0 Å². The number of carbonyl (C=O) groups is 1. The molecular weight excluding hydrogens is 194 g/mol. The Hall–Kier alpha value is -0.650. The first kappa shape index (κ1) is 12.4. The van der Waals surface area contributed by atoms with Crippen molar-refractivity contribution in [1.29, 1.82) is 0 Å². The normalized spacial score (nSPS) is 21.3. The molecule has 15 heavy (non-hydrogen) atoms. The summed E-state index contributed by atoms with van der Waals surface area (Å²) in [4.78, 5) is 13.6. The van der Waals surface area contributed by atoms with Crippen LogP contribution in [0.2, 0.25) is 0 Å². The Bertz CT molecular complexity index is 203. The lowest BCUT2D eigenvalue weighted by molar-refractivity contribution is -0.147. The molecule has 1 saturated heterocycles. The number of nitrogens with zero attached hydrogens (tertiary/aromatic N) is 2. The molecule has 1 unspecified atom stereocenters. The van der Waals surface area contributed by atoms with Gasteiger partial charge in [-0.05, 0) is 20.9 Å². The van der Waals surface area contributed by atoms with Gasteiger partial charge in [-0.2, -0.15) is 0 Å². The molecule has 0 aromatic heterocycles. The van der Waals surface area contributed by atoms with Crippen molar-refractivity contribution in [2.75, 3.05) is 39.8 Å². The van der Waals surface area contributed by atoms with Crippen molar-refractivity contribution in [3.8, 4) is 0 Å². The summed E-state index contributed by atoms with van der Waals surface area (Å²) in [5.74, 6) is -0.184. The van der Waals surface area contributed by atoms with Crippen molar-refractivity contribution in [2.45, 2.75) is 19.9 Å². The van der Waals surface area contributed by atoms with Gasteiger partial charge in [0.05, 0.1) is 6.61 Å². The number of ether oxygens (including phenoxy) is 1. The van der Waals surface area contributed by atoms with E-state index in [1.54, 1.807) is 0 Å². The molecule has 0 bridgehead atoms. The quantitative estimate of drug-likeness (QED) is 0.652. The standard InChI is InChI=1S/C10H21N3O2/c1-4-15-10(14)9(2)11-13-7-5-12(3)6-8-13/h9,11H,4-8H2,1-3H3. The van der Waals surface area contributed by atoms with Gasteiger partial charge in [0, 0.05) is 26.2 Å². The number of hydrogen-bond donors (Lipinski definition) is 1. The molecule has 1 aliphatic heterocycles. The summed E-state index contributed by atoms with van der Waals surface area (Å²) < 4.78 is 4.93. The highest BCUT2D eigenvalue weighted by Gasteiger charge is 2.19. The number of nitrogens with one attached hydrogen (secondary N) is 1. The maximum Gasteiger partial charge on any atom is 0.324 e. The first-order valence-corrected chi connectivity index (χ1v) is 5.49. The molecule has 1 atom stereocenters. The van der Waals surface area contributed by atoms with Gasteiger partial charge in [0.15, 0.2) is 0 Å². The van der Waals surface area contributed by atoms with Crippen molar-refractivity contribution in [3.05, 3.63) is 0 Å². The Balaban J connectivity index is 2.25. The minimum absolute atomic E-state index is 0.184. The number of esters is 1. The predicted molar refractivity (Wildman–Crippen MR) is 58.3 cm³/mol. The lowest BCUT2D eigenvalue weighted by Crippen LogP contribution is -2.55. The second-order valence-electron chi connectivity index (χ2n) is 3.89. The molecule has 1 heterocycles. The summed E-state index contributed by atoms with van der Waals surface area (Å²) >= 11 is 0. The summed E-state index contributed by atoms with van der Waals surface area (Å²) in [6.07, 6.45) is 0. The van der Waals surface area contributed by atoms with Crippen molar-refractivity contribution in [3.63, 3.8) is 0 Å². The fraction of sp³-hybridized carbons (Fsp3) is 0.900. The Kier molecular flexibility index (Phi) is 5.01. The van der Waals surface area contributed by atoms with Crippen LogP contribution in [0, 0.1) is 0 Å². The molecule has 5 heteroatoms. The van der Waals surface area contributed by atoms with E-state index in [0.29, 0.717) is 6.61 Å². The first-order valence-electron chi connectivity index (χ1n) is 5.49. The third kappa shape index (κ3) is 4.15. The summed E-state index contributed by atoms with van der Waals surface area (Å²) in [5, 5.41) is 2.08. The molecule has 0 spiro atoms. The minimum atomic E-state index is -0.256. The lowest BCUT2D eigenvalue weighted by atomic mass is 10.3. The molecule has 0 aromatic carbocycles. The number of likely N-dealkylation sites (N-methyl/N-ethyl adjacent to an activating group) is 1. The number of rotatable bonds is 4. The summed E-state index contributed by atoms with van der Waals surface area (Å²) in [7, 11) is 2.10. The predicted octanol–water partition coefficient (Wildman–Crippen LogP) is -0.310. The maximum atomic E-state index is 11.4. The topological polar surface area (TPSA) is 44.8 Å². The highest BCUT2D eigenvalue weighted by Crippen LogP contribution is 1.97. The number of carbonyl (C=O) groups excluding carboxylic acids is 1. The van der Waals surface area contributed by atoms with Crippen molar-refractivity contribution in [2.24, 2.45) is 0 Å². The van der Waals surface area contributed by atoms with Gasteiger partial charge in [-0.3, -0.25) is 4.79 Å². The van der Waals surface area contributed by atoms with E-state index in [9.17, 15) is 4.79 Å². The van der Waals surface area contributed by atoms with E-state index in [1.165, 1.54) is 0 Å². The molecule has 0 aliphatic carbocycles. The Morgan fingerprint density at radius 2 is 2.00 bits per heavy atom. The van der Waals surface area contributed by atoms with Gasteiger partial charge in [0.2, 0.25) is 0 Å². The van der Waals surface area contributed by atoms with Crippen LogP contribution in [0.5, 0.6) is 0 Å². The third-order valence-corrected chi connectivity index (χ3v) is 2.52. The van der Waals surface area contributed by atoms with Crippen LogP contribution in [0.15, 0.2) is 0 Å². The summed E-state index contributed by atoms with van der Waals surface area (Å²) in [6, 6.07) is -0.256. The maximum absolute atomic E-state index is 11.4. The summed E-state index contributed by atoms with van der Waals surface area (Å²) in [5.41, 5.74) is 3.16. The van der Waals surface area contributed by atoms with E-state index >= 15 is 0 Å². The minimum Gasteiger partial charge on any atom is -0.465 e. The average Bonchev–Trinajstić information content (AvgIpc) is 2.22. The van der Waals surface area contributed by atoms with Gasteiger partial charge >= 0.3 is 5.97 Å². The van der Waals surface area contributed by atoms with Crippen LogP contribution in [-0.4, -0.2) is 61.8 Å². The molecule has 1 aliphatic rings. The van der Waals surface area contributed by atoms with Gasteiger partial charge in [-0.1, -0.05) is 0 Å². The molecule has 0 saturated carbocycles. The molecular formula is C10H21N3O2. The molecule has 0 aromatic rings. The molecule has 1 fully saturated rings. The zero-order valence-electron chi connectivity index (χ0n) is 9.82. The summed E-state index contributed by atoms with van der Waals surface area (Å²) in [6.45, 7) is 8.04. The third-order valence-electron chi connectivity index (χ3n) is 2.52. The lowest BCUT2D eigenvalue weighted by Gasteiger charge is -2.33. The number of hydrazine groups is 1. The van der Waals surface area contributed by atoms with E-state index in [2.05, 4.69) is 22.4 Å². The molecule has 1 rings (SSSR count). The highest BCUT2D eigenvalue weighted by atomic mass is 16.5. The van der Waals surface area contributed by atoms with Gasteiger partial charge in [0.1, 0.15) is 6.04 Å². The highest BCUT2D eigenvalue weighted by molar-refractivity contribution is 5.75. The van der Waals surface area contributed by atoms with Crippen LogP contribution in [0.1, 0.15) is 13.8 Å². The zero-order chi connectivity index (χ0) is 11.3. The van der Waals surface area contributed by atoms with E-state index in [4.69, 9.17) is 4.74 Å². The van der Waals surface area contributed by atoms with E-state index in [-0.39, 0.29) is 12.0 Å². The average molecular weight is 215 g/mol. The Morgan fingerprint density at radius 3 is 2.53 bits per heavy atom. The smallest absolute Gasteiger partial charge is 0.324 e. The van der Waals surface area contributed by atoms with Gasteiger partial charge in [0.25, 0.3) is 0 Å². The van der Waals surface area contributed by atoms with Crippen LogP contribution >= 0.6 is 0 Å². The Labute approximate surface area is 91.3 Å². The second kappa shape index (κ2) is 6.05. The fourth-order valence-corrected chi connectivity index (χ4v) is 1.53. The molecule has 1 N–H and O–H groups in total. The van der Waals surface area contributed by atoms with Crippen LogP contribution in [-0.2, 0) is 9.53 Å². The van der Waals surface area contributed by atoms with Crippen LogP contribution in [0.4, 0.5) is 0 Å². The molecule has 5 nitrogen and oxygen atoms in total. The second-order valence-corrected chi connectivity index (χ2v) is 3.89. The van der Waals surface area contributed by atoms with Gasteiger partial charge in [-0.25, -0.2) is 10.4 Å². The van der Waals surface area contributed by atoms with Crippen molar-refractivity contribution in [1.82, 2.24) is 15.3 Å². The van der Waals surface area contributed by atoms with Gasteiger partial charge < -0.3 is 9.64 Å². The fourth-order valence-electron chi connectivity index (χ4n) is 1.53. The monoisotopic (exact) mass is 215 g/mol. The molecule has 88 valence electrons. The first-order chi connectivity index (χ1) is 7.13. The largest absolute Gasteiger partial charge is 0.465 e. The molecule has 0 radical (unpaired) electrons. The van der Waals surface area contributed by atoms with Crippen molar-refractivity contribution >= 4 is 5.97 Å². The SMILES string of the molecule is CCOC(=O)C(C)NN1CCN(C)CC1. The zero-order valence-corrected chi connectivity index (χ0v) is 9.82. The van der Waals surface area contributed by atoms with Gasteiger partial charge in [-0.15, -0.1) is 0 Å². The van der Waals surface area contributed by atoms with E-state index in [0.717, 1.165) is 26.2 Å². The number of hydrogen-bond acceptors (Lipinski definition) is 5. The van der Waals surface area contributed by atoms with Crippen molar-refractivity contribution < 1.29 is 9.53 Å². The number of piperazine rings is 1. The van der Waals surface area contributed by atoms with Crippen LogP contribution in [0.3, 0.4) is 0 Å².